The predicted octanol–water partition coefficient (Wildman–Crippen LogP) is 5.60. The number of esters is 5. The molecule has 1 unspecified atom stereocenters. The molecular formula is C54H55NO15. The van der Waals surface area contributed by atoms with Gasteiger partial charge in [-0.3, -0.25) is 19.2 Å². The molecule has 11 atom stereocenters. The highest BCUT2D eigenvalue weighted by Crippen LogP contribution is 2.65. The predicted molar refractivity (Wildman–Crippen MR) is 247 cm³/mol. The van der Waals surface area contributed by atoms with Crippen molar-refractivity contribution in [3.05, 3.63) is 155 Å². The first-order valence-electron chi connectivity index (χ1n) is 23.0. The van der Waals surface area contributed by atoms with Crippen molar-refractivity contribution in [1.29, 1.82) is 0 Å². The highest BCUT2D eigenvalue weighted by Gasteiger charge is 2.79. The van der Waals surface area contributed by atoms with Gasteiger partial charge < -0.3 is 44.0 Å². The van der Waals surface area contributed by atoms with Gasteiger partial charge in [-0.15, -0.1) is 0 Å². The Kier molecular flexibility index (Phi) is 13.5. The van der Waals surface area contributed by atoms with Crippen molar-refractivity contribution >= 4 is 41.5 Å². The Bertz CT molecular complexity index is 2710. The van der Waals surface area contributed by atoms with Crippen LogP contribution >= 0.6 is 0 Å². The number of ketones is 1. The summed E-state index contributed by atoms with van der Waals surface area (Å²) in [5.74, 6) is -8.06. The maximum Gasteiger partial charge on any atom is 0.338 e. The van der Waals surface area contributed by atoms with Crippen molar-refractivity contribution in [3.63, 3.8) is 0 Å². The quantitative estimate of drug-likeness (QED) is 0.0892. The van der Waals surface area contributed by atoms with Crippen LogP contribution in [0.3, 0.4) is 0 Å². The lowest BCUT2D eigenvalue weighted by Crippen LogP contribution is -2.82. The van der Waals surface area contributed by atoms with Gasteiger partial charge >= 0.3 is 29.8 Å². The van der Waals surface area contributed by atoms with Crippen molar-refractivity contribution in [2.75, 3.05) is 6.61 Å². The minimum absolute atomic E-state index is 0.0144. The topological polar surface area (TPSA) is 227 Å². The van der Waals surface area contributed by atoms with Gasteiger partial charge in [0.15, 0.2) is 35.3 Å². The van der Waals surface area contributed by atoms with Crippen LogP contribution in [0.1, 0.15) is 97.1 Å². The van der Waals surface area contributed by atoms with Gasteiger partial charge in [0.1, 0.15) is 12.2 Å². The van der Waals surface area contributed by atoms with Crippen LogP contribution in [0.5, 0.6) is 0 Å². The molecule has 16 heteroatoms. The number of carbonyl (C=O) groups excluding carboxylic acids is 7. The van der Waals surface area contributed by atoms with E-state index in [1.54, 1.807) is 111 Å². The molecule has 16 nitrogen and oxygen atoms in total. The Morgan fingerprint density at radius 1 is 0.714 bits per heavy atom. The second kappa shape index (κ2) is 19.1. The summed E-state index contributed by atoms with van der Waals surface area (Å²) in [7, 11) is 0. The van der Waals surface area contributed by atoms with Crippen LogP contribution in [0.15, 0.2) is 132 Å². The molecule has 0 radical (unpaired) electrons. The number of benzene rings is 4. The Labute approximate surface area is 404 Å². The summed E-state index contributed by atoms with van der Waals surface area (Å²) < 4.78 is 38.1. The van der Waals surface area contributed by atoms with Crippen LogP contribution in [0, 0.1) is 16.7 Å². The van der Waals surface area contributed by atoms with Gasteiger partial charge in [0.2, 0.25) is 0 Å². The van der Waals surface area contributed by atoms with Gasteiger partial charge in [-0.05, 0) is 67.0 Å². The maximum atomic E-state index is 15.9. The minimum Gasteiger partial charge on any atom is -0.456 e. The number of Topliss-reactive ketones (excluding diaryl/α,β-unsaturated/α-hetero) is 1. The molecule has 0 spiro atoms. The van der Waals surface area contributed by atoms with Crippen LogP contribution in [0.25, 0.3) is 0 Å². The van der Waals surface area contributed by atoms with Gasteiger partial charge in [0.05, 0.1) is 41.2 Å². The van der Waals surface area contributed by atoms with Crippen molar-refractivity contribution in [3.8, 4) is 0 Å². The number of hydrogen-bond acceptors (Lipinski definition) is 15. The fraction of sp³-hybridized carbons (Fsp3) is 0.389. The number of rotatable bonds is 12. The Balaban J connectivity index is 1.34. The summed E-state index contributed by atoms with van der Waals surface area (Å²) in [4.78, 5) is 100. The average molecular weight is 958 g/mol. The third-order valence-corrected chi connectivity index (χ3v) is 14.7. The van der Waals surface area contributed by atoms with Gasteiger partial charge in [-0.2, -0.15) is 0 Å². The van der Waals surface area contributed by atoms with Gasteiger partial charge in [0.25, 0.3) is 5.91 Å². The first kappa shape index (κ1) is 49.4. The van der Waals surface area contributed by atoms with Crippen molar-refractivity contribution in [2.45, 2.75) is 108 Å². The molecule has 4 aromatic carbocycles. The van der Waals surface area contributed by atoms with E-state index in [4.69, 9.17) is 28.4 Å². The van der Waals surface area contributed by atoms with E-state index in [0.29, 0.717) is 5.56 Å². The molecule has 3 aliphatic carbocycles. The Morgan fingerprint density at radius 2 is 1.26 bits per heavy atom. The molecule has 1 heterocycles. The zero-order valence-electron chi connectivity index (χ0n) is 39.5. The molecule has 4 aromatic rings. The van der Waals surface area contributed by atoms with Gasteiger partial charge in [-0.1, -0.05) is 98.8 Å². The molecule has 0 aromatic heterocycles. The second-order valence-corrected chi connectivity index (χ2v) is 19.1. The first-order valence-corrected chi connectivity index (χ1v) is 23.0. The third kappa shape index (κ3) is 8.47. The zero-order chi connectivity index (χ0) is 50.3. The van der Waals surface area contributed by atoms with E-state index in [1.165, 1.54) is 38.1 Å². The Hall–Kier alpha value is -7.01. The van der Waals surface area contributed by atoms with E-state index in [1.807, 2.05) is 0 Å². The standard InChI is InChI=1S/C54H55NO15/c1-30-37(67-50(64)42(59)41(33-19-11-7-12-20-33)55-47(61)34-21-13-8-14-22-34)28-54(69-32(3)57)46(68-48(62)35-23-15-9-16-24-35)44-52(6,45(60)43(66-31(2)56)40(30)51(54,4)5)38(58)27-39-53(44,29-65-39)70-49(63)36-25-17-10-18-26-36/h7-26,37-39,41-44,46,58-59H,27-29H2,1-6H3,(H,55,61)/t37-,38-,39+,41-,42+,43+,44?,46-,52+,53-,54+/m0/s1. The highest BCUT2D eigenvalue weighted by molar-refractivity contribution is 5.97. The number of aliphatic hydroxyl groups excluding tert-OH is 2. The largest absolute Gasteiger partial charge is 0.456 e. The summed E-state index contributed by atoms with van der Waals surface area (Å²) in [6.07, 6.45) is -11.0. The number of fused-ring (bicyclic) bond motifs is 5. The molecule has 2 bridgehead atoms. The van der Waals surface area contributed by atoms with Crippen LogP contribution in [0.2, 0.25) is 0 Å². The lowest BCUT2D eigenvalue weighted by Gasteiger charge is -2.67. The van der Waals surface area contributed by atoms with Crippen molar-refractivity contribution in [1.82, 2.24) is 5.32 Å². The molecule has 70 heavy (non-hydrogen) atoms. The summed E-state index contributed by atoms with van der Waals surface area (Å²) >= 11 is 0. The number of ether oxygens (including phenoxy) is 6. The normalized spacial score (nSPS) is 29.4. The molecular weight excluding hydrogens is 903 g/mol. The number of aliphatic hydroxyl groups is 2. The molecule has 1 aliphatic heterocycles. The van der Waals surface area contributed by atoms with E-state index in [2.05, 4.69) is 5.32 Å². The molecule has 2 saturated carbocycles. The fourth-order valence-corrected chi connectivity index (χ4v) is 11.2. The molecule has 366 valence electrons. The molecule has 1 amide bonds. The molecule has 1 saturated heterocycles. The van der Waals surface area contributed by atoms with Gasteiger partial charge in [0, 0.05) is 37.7 Å². The summed E-state index contributed by atoms with van der Waals surface area (Å²) in [6.45, 7) is 7.93. The van der Waals surface area contributed by atoms with Gasteiger partial charge in [-0.25, -0.2) is 14.4 Å². The molecule has 3 fully saturated rings. The third-order valence-electron chi connectivity index (χ3n) is 14.7. The van der Waals surface area contributed by atoms with Crippen molar-refractivity contribution < 1.29 is 72.2 Å². The van der Waals surface area contributed by atoms with Crippen LogP contribution < -0.4 is 5.32 Å². The lowest BCUT2D eigenvalue weighted by atomic mass is 9.44. The Morgan fingerprint density at radius 3 is 1.79 bits per heavy atom. The maximum absolute atomic E-state index is 15.9. The number of amides is 1. The second-order valence-electron chi connectivity index (χ2n) is 19.1. The number of nitrogens with one attached hydrogen (secondary N) is 1. The zero-order valence-corrected chi connectivity index (χ0v) is 39.5. The van der Waals surface area contributed by atoms with Crippen LogP contribution in [-0.2, 0) is 47.6 Å². The van der Waals surface area contributed by atoms with E-state index in [9.17, 15) is 39.0 Å². The highest BCUT2D eigenvalue weighted by atomic mass is 16.6. The smallest absolute Gasteiger partial charge is 0.338 e. The lowest BCUT2D eigenvalue weighted by molar-refractivity contribution is -0.342. The van der Waals surface area contributed by atoms with E-state index >= 15 is 4.79 Å². The number of hydrogen-bond donors (Lipinski definition) is 3. The molecule has 8 rings (SSSR count). The summed E-state index contributed by atoms with van der Waals surface area (Å²) in [6, 6.07) is 30.8. The van der Waals surface area contributed by atoms with E-state index in [0.717, 1.165) is 13.8 Å². The average Bonchev–Trinajstić information content (AvgIpc) is 3.34. The van der Waals surface area contributed by atoms with Crippen LogP contribution in [0.4, 0.5) is 0 Å². The number of carbonyl (C=O) groups is 7. The molecule has 3 N–H and O–H groups in total. The minimum atomic E-state index is -2.26. The van der Waals surface area contributed by atoms with Crippen molar-refractivity contribution in [2.24, 2.45) is 16.7 Å². The fourth-order valence-electron chi connectivity index (χ4n) is 11.2. The first-order chi connectivity index (χ1) is 33.3. The van der Waals surface area contributed by atoms with E-state index < -0.39 is 119 Å². The summed E-state index contributed by atoms with van der Waals surface area (Å²) in [5, 5.41) is 27.2. The summed E-state index contributed by atoms with van der Waals surface area (Å²) in [5.41, 5.74) is -7.15. The van der Waals surface area contributed by atoms with E-state index in [-0.39, 0.29) is 40.9 Å². The van der Waals surface area contributed by atoms with Crippen LogP contribution in [-0.4, -0.2) is 106 Å². The SMILES string of the molecule is CC(=O)O[C@H]1C(=O)[C@@]2(C)C([C@H](OC(=O)c3ccccc3)[C@]3(OC(C)=O)C[C@H](OC(=O)[C@H](O)[C@@H](NC(=O)c4ccccc4)c4ccccc4)C(C)=C1C3(C)C)[C@]1(OC(=O)c3ccccc3)CO[C@@H]1C[C@@H]2O. The monoisotopic (exact) mass is 957 g/mol. The molecule has 4 aliphatic rings.